The highest BCUT2D eigenvalue weighted by Crippen LogP contribution is 2.19. The van der Waals surface area contributed by atoms with Crippen LogP contribution in [0.15, 0.2) is 30.3 Å². The van der Waals surface area contributed by atoms with Crippen molar-refractivity contribution in [2.24, 2.45) is 0 Å². The lowest BCUT2D eigenvalue weighted by Crippen LogP contribution is -2.36. The first-order valence-electron chi connectivity index (χ1n) is 5.29. The van der Waals surface area contributed by atoms with E-state index in [1.54, 1.807) is 24.3 Å². The maximum absolute atomic E-state index is 9.77. The molecular formula is C12H18O4. The van der Waals surface area contributed by atoms with E-state index in [4.69, 9.17) is 5.11 Å². The monoisotopic (exact) mass is 226 g/mol. The summed E-state index contributed by atoms with van der Waals surface area (Å²) in [6.07, 6.45) is -4.24. The van der Waals surface area contributed by atoms with Gasteiger partial charge in [0.25, 0.3) is 0 Å². The Morgan fingerprint density at radius 2 is 1.56 bits per heavy atom. The van der Waals surface area contributed by atoms with Gasteiger partial charge in [0.1, 0.15) is 6.10 Å². The quantitative estimate of drug-likeness (QED) is 0.578. The Bertz CT molecular complexity index is 299. The fraction of sp³-hybridized carbons (Fsp3) is 0.500. The Labute approximate surface area is 94.8 Å². The van der Waals surface area contributed by atoms with Crippen LogP contribution < -0.4 is 0 Å². The zero-order chi connectivity index (χ0) is 12.1. The number of aliphatic hydroxyl groups is 4. The smallest absolute Gasteiger partial charge is 0.106 e. The van der Waals surface area contributed by atoms with Crippen molar-refractivity contribution in [3.8, 4) is 0 Å². The zero-order valence-corrected chi connectivity index (χ0v) is 9.19. The molecule has 0 spiro atoms. The molecule has 0 radical (unpaired) electrons. The van der Waals surface area contributed by atoms with Gasteiger partial charge in [0, 0.05) is 6.42 Å². The number of benzene rings is 1. The van der Waals surface area contributed by atoms with Crippen LogP contribution in [-0.2, 0) is 0 Å². The molecule has 0 heterocycles. The molecule has 1 aromatic carbocycles. The molecule has 1 rings (SSSR count). The topological polar surface area (TPSA) is 80.9 Å². The van der Waals surface area contributed by atoms with Crippen molar-refractivity contribution >= 4 is 0 Å². The highest BCUT2D eigenvalue weighted by Gasteiger charge is 2.24. The van der Waals surface area contributed by atoms with Crippen molar-refractivity contribution in [3.05, 3.63) is 35.9 Å². The molecule has 1 aromatic rings. The lowest BCUT2D eigenvalue weighted by Gasteiger charge is -2.22. The summed E-state index contributed by atoms with van der Waals surface area (Å²) < 4.78 is 0. The highest BCUT2D eigenvalue weighted by atomic mass is 16.4. The van der Waals surface area contributed by atoms with Gasteiger partial charge in [-0.15, -0.1) is 0 Å². The van der Waals surface area contributed by atoms with Crippen LogP contribution in [0.5, 0.6) is 0 Å². The van der Waals surface area contributed by atoms with Crippen molar-refractivity contribution in [1.29, 1.82) is 0 Å². The summed E-state index contributed by atoms with van der Waals surface area (Å²) >= 11 is 0. The van der Waals surface area contributed by atoms with Gasteiger partial charge < -0.3 is 20.4 Å². The molecule has 0 aliphatic rings. The van der Waals surface area contributed by atoms with Gasteiger partial charge in [0.15, 0.2) is 0 Å². The number of aliphatic hydroxyl groups excluding tert-OH is 4. The normalized spacial score (nSPS) is 18.8. The van der Waals surface area contributed by atoms with Gasteiger partial charge in [-0.3, -0.25) is 0 Å². The van der Waals surface area contributed by atoms with Crippen LogP contribution >= 0.6 is 0 Å². The maximum Gasteiger partial charge on any atom is 0.106 e. The van der Waals surface area contributed by atoms with Gasteiger partial charge in [0.2, 0.25) is 0 Å². The van der Waals surface area contributed by atoms with Gasteiger partial charge in [-0.25, -0.2) is 0 Å². The van der Waals surface area contributed by atoms with Gasteiger partial charge in [0.05, 0.1) is 18.3 Å². The summed E-state index contributed by atoms with van der Waals surface area (Å²) in [6, 6.07) is 8.89. The third-order valence-electron chi connectivity index (χ3n) is 2.54. The average Bonchev–Trinajstić information content (AvgIpc) is 2.28. The first-order valence-corrected chi connectivity index (χ1v) is 5.29. The molecule has 0 saturated carbocycles. The molecule has 90 valence electrons. The number of hydrogen-bond donors (Lipinski definition) is 4. The number of hydrogen-bond acceptors (Lipinski definition) is 4. The minimum absolute atomic E-state index is 0.00389. The van der Waals surface area contributed by atoms with Crippen molar-refractivity contribution in [1.82, 2.24) is 0 Å². The Balaban J connectivity index is 2.55. The molecule has 4 heteroatoms. The third-order valence-corrected chi connectivity index (χ3v) is 2.54. The van der Waals surface area contributed by atoms with E-state index in [9.17, 15) is 15.3 Å². The van der Waals surface area contributed by atoms with Crippen molar-refractivity contribution in [2.45, 2.75) is 37.8 Å². The molecule has 4 nitrogen and oxygen atoms in total. The molecule has 4 N–H and O–H groups in total. The van der Waals surface area contributed by atoms with Crippen LogP contribution in [0, 0.1) is 0 Å². The SMILES string of the molecule is C[C@H](O)[C@@H](O)[C@@H](O)C[C@@H](O)c1ccccc1. The average molecular weight is 226 g/mol. The standard InChI is InChI=1S/C12H18O4/c1-8(13)12(16)11(15)7-10(14)9-5-3-2-4-6-9/h2-6,8,10-16H,7H2,1H3/t8-,10+,11-,12+/m0/s1. The maximum atomic E-state index is 9.77. The molecule has 0 aromatic heterocycles. The molecule has 0 unspecified atom stereocenters. The first kappa shape index (κ1) is 13.1. The summed E-state index contributed by atoms with van der Waals surface area (Å²) in [7, 11) is 0. The Morgan fingerprint density at radius 3 is 2.06 bits per heavy atom. The van der Waals surface area contributed by atoms with Gasteiger partial charge in [-0.05, 0) is 12.5 Å². The summed E-state index contributed by atoms with van der Waals surface area (Å²) in [5.41, 5.74) is 0.680. The fourth-order valence-electron chi connectivity index (χ4n) is 1.50. The molecule has 16 heavy (non-hydrogen) atoms. The Hall–Kier alpha value is -0.940. The number of rotatable bonds is 5. The van der Waals surface area contributed by atoms with E-state index in [2.05, 4.69) is 0 Å². The second kappa shape index (κ2) is 5.96. The van der Waals surface area contributed by atoms with E-state index in [-0.39, 0.29) is 6.42 Å². The summed E-state index contributed by atoms with van der Waals surface area (Å²) in [5.74, 6) is 0. The van der Waals surface area contributed by atoms with Crippen LogP contribution in [0.1, 0.15) is 25.0 Å². The van der Waals surface area contributed by atoms with Crippen LogP contribution in [-0.4, -0.2) is 38.7 Å². The van der Waals surface area contributed by atoms with Gasteiger partial charge in [-0.1, -0.05) is 30.3 Å². The van der Waals surface area contributed by atoms with Gasteiger partial charge in [-0.2, -0.15) is 0 Å². The molecular weight excluding hydrogens is 208 g/mol. The second-order valence-electron chi connectivity index (χ2n) is 3.96. The highest BCUT2D eigenvalue weighted by molar-refractivity contribution is 5.17. The molecule has 0 saturated heterocycles. The minimum atomic E-state index is -1.24. The molecule has 0 bridgehead atoms. The van der Waals surface area contributed by atoms with E-state index >= 15 is 0 Å². The van der Waals surface area contributed by atoms with E-state index in [1.165, 1.54) is 6.92 Å². The van der Waals surface area contributed by atoms with Crippen LogP contribution in [0.2, 0.25) is 0 Å². The van der Waals surface area contributed by atoms with Crippen LogP contribution in [0.4, 0.5) is 0 Å². The second-order valence-corrected chi connectivity index (χ2v) is 3.96. The van der Waals surface area contributed by atoms with Crippen molar-refractivity contribution < 1.29 is 20.4 Å². The molecule has 0 aliphatic carbocycles. The van der Waals surface area contributed by atoms with E-state index in [1.807, 2.05) is 6.07 Å². The first-order chi connectivity index (χ1) is 7.52. The summed E-state index contributed by atoms with van der Waals surface area (Å²) in [5, 5.41) is 37.8. The van der Waals surface area contributed by atoms with Crippen LogP contribution in [0.25, 0.3) is 0 Å². The minimum Gasteiger partial charge on any atom is -0.391 e. The van der Waals surface area contributed by atoms with Crippen molar-refractivity contribution in [2.75, 3.05) is 0 Å². The van der Waals surface area contributed by atoms with E-state index in [0.717, 1.165) is 0 Å². The molecule has 0 amide bonds. The summed E-state index contributed by atoms with van der Waals surface area (Å²) in [6.45, 7) is 1.39. The summed E-state index contributed by atoms with van der Waals surface area (Å²) in [4.78, 5) is 0. The van der Waals surface area contributed by atoms with Gasteiger partial charge >= 0.3 is 0 Å². The zero-order valence-electron chi connectivity index (χ0n) is 9.19. The van der Waals surface area contributed by atoms with E-state index in [0.29, 0.717) is 5.56 Å². The molecule has 0 aliphatic heterocycles. The Kier molecular flexibility index (Phi) is 4.89. The molecule has 0 fully saturated rings. The predicted octanol–water partition coefficient (Wildman–Crippen LogP) is 0.213. The fourth-order valence-corrected chi connectivity index (χ4v) is 1.50. The lowest BCUT2D eigenvalue weighted by molar-refractivity contribution is -0.0676. The largest absolute Gasteiger partial charge is 0.391 e. The van der Waals surface area contributed by atoms with Crippen molar-refractivity contribution in [3.63, 3.8) is 0 Å². The van der Waals surface area contributed by atoms with Crippen LogP contribution in [0.3, 0.4) is 0 Å². The Morgan fingerprint density at radius 1 is 1.00 bits per heavy atom. The third kappa shape index (κ3) is 3.57. The molecule has 4 atom stereocenters. The van der Waals surface area contributed by atoms with E-state index < -0.39 is 24.4 Å². The predicted molar refractivity (Wildman–Crippen MR) is 59.7 cm³/mol. The lowest BCUT2D eigenvalue weighted by atomic mass is 9.99.